The Balaban J connectivity index is 1.34. The molecule has 5 atom stereocenters. The van der Waals surface area contributed by atoms with Crippen molar-refractivity contribution in [1.82, 2.24) is 19.8 Å². The van der Waals surface area contributed by atoms with Crippen molar-refractivity contribution in [1.29, 1.82) is 5.26 Å². The van der Waals surface area contributed by atoms with Gasteiger partial charge in [-0.05, 0) is 56.5 Å². The Bertz CT molecular complexity index is 1970. The van der Waals surface area contributed by atoms with Gasteiger partial charge >= 0.3 is 6.01 Å². The van der Waals surface area contributed by atoms with Crippen molar-refractivity contribution in [2.45, 2.75) is 69.7 Å². The molecule has 8 rings (SSSR count). The van der Waals surface area contributed by atoms with Crippen LogP contribution in [0.4, 0.5) is 19.6 Å². The molecule has 0 amide bonds. The van der Waals surface area contributed by atoms with Gasteiger partial charge in [0.1, 0.15) is 34.8 Å². The van der Waals surface area contributed by atoms with E-state index in [2.05, 4.69) is 20.9 Å². The summed E-state index contributed by atoms with van der Waals surface area (Å²) in [4.78, 5) is 16.2. The molecular weight excluding hydrogens is 640 g/mol. The number of anilines is 2. The fraction of sp³-hybridized carbons (Fsp3) is 0.500. The standard InChI is InChI=1S/C34H37F2N7O4S/c1-16(44)9-42-10-17-3-4-18(11-42)43(17)33-28-23-15-46-14-22(23)27(29-24(35)5-6-25-26(29)21(8-37)32(38)48-25)30(36)31(28)39-34(40-33)47-13-19-7-20(45)12-41(19)2/h5-6,16-20,44-45H,3-4,7,9-15,38H2,1-2H3/t16-,17?,18?,19+,20-/m1/s1. The quantitative estimate of drug-likeness (QED) is 0.263. The van der Waals surface area contributed by atoms with Crippen molar-refractivity contribution in [3.63, 3.8) is 0 Å². The summed E-state index contributed by atoms with van der Waals surface area (Å²) in [6.45, 7) is 4.72. The average Bonchev–Trinajstić information content (AvgIpc) is 3.79. The minimum absolute atomic E-state index is 0.00186. The summed E-state index contributed by atoms with van der Waals surface area (Å²) in [6.07, 6.45) is 1.44. The van der Waals surface area contributed by atoms with Crippen LogP contribution in [0.5, 0.6) is 6.01 Å². The number of likely N-dealkylation sites (N-methyl/N-ethyl adjacent to an activating group) is 1. The summed E-state index contributed by atoms with van der Waals surface area (Å²) in [6, 6.07) is 5.00. The van der Waals surface area contributed by atoms with Gasteiger partial charge in [0.2, 0.25) is 0 Å². The van der Waals surface area contributed by atoms with Crippen LogP contribution in [0.15, 0.2) is 12.1 Å². The van der Waals surface area contributed by atoms with E-state index in [-0.39, 0.29) is 76.6 Å². The maximum atomic E-state index is 17.4. The van der Waals surface area contributed by atoms with Gasteiger partial charge in [-0.1, -0.05) is 0 Å². The third-order valence-electron chi connectivity index (χ3n) is 10.3. The van der Waals surface area contributed by atoms with Crippen LogP contribution in [0.2, 0.25) is 0 Å². The Morgan fingerprint density at radius 1 is 1.12 bits per heavy atom. The Morgan fingerprint density at radius 3 is 2.56 bits per heavy atom. The fourth-order valence-electron chi connectivity index (χ4n) is 8.32. The highest BCUT2D eigenvalue weighted by atomic mass is 32.1. The van der Waals surface area contributed by atoms with Crippen molar-refractivity contribution in [3.8, 4) is 23.2 Å². The second-order valence-electron chi connectivity index (χ2n) is 13.6. The molecule has 6 heterocycles. The number of nitrogen functional groups attached to an aromatic ring is 1. The van der Waals surface area contributed by atoms with Crippen LogP contribution < -0.4 is 15.4 Å². The maximum Gasteiger partial charge on any atom is 0.319 e. The zero-order valence-corrected chi connectivity index (χ0v) is 27.6. The first-order valence-corrected chi connectivity index (χ1v) is 17.2. The van der Waals surface area contributed by atoms with Crippen LogP contribution >= 0.6 is 11.3 Å². The van der Waals surface area contributed by atoms with Gasteiger partial charge in [-0.15, -0.1) is 11.3 Å². The lowest BCUT2D eigenvalue weighted by Gasteiger charge is -2.42. The summed E-state index contributed by atoms with van der Waals surface area (Å²) in [7, 11) is 1.92. The molecule has 4 aromatic rings. The molecule has 4 aliphatic rings. The molecule has 48 heavy (non-hydrogen) atoms. The van der Waals surface area contributed by atoms with Crippen molar-refractivity contribution in [2.75, 3.05) is 50.5 Å². The van der Waals surface area contributed by atoms with Crippen LogP contribution in [-0.4, -0.2) is 100 Å². The fourth-order valence-corrected chi connectivity index (χ4v) is 9.25. The van der Waals surface area contributed by atoms with Crippen molar-refractivity contribution >= 4 is 43.1 Å². The maximum absolute atomic E-state index is 17.4. The molecule has 0 saturated carbocycles. The molecule has 0 spiro atoms. The van der Waals surface area contributed by atoms with Crippen LogP contribution in [0, 0.1) is 23.0 Å². The van der Waals surface area contributed by atoms with E-state index in [1.807, 2.05) is 11.9 Å². The van der Waals surface area contributed by atoms with E-state index in [0.717, 1.165) is 37.3 Å². The second kappa shape index (κ2) is 12.0. The van der Waals surface area contributed by atoms with E-state index < -0.39 is 23.8 Å². The minimum atomic E-state index is -0.740. The SMILES string of the molecule is C[C@@H](O)CN1CC2CCC(C1)N2c1nc(OC[C@@H]2C[C@@H](O)CN2C)nc2c(F)c(-c3c(F)ccc4sc(N)c(C#N)c34)c3c(c12)COC3. The van der Waals surface area contributed by atoms with Gasteiger partial charge in [-0.25, -0.2) is 8.78 Å². The number of hydrogen-bond acceptors (Lipinski definition) is 12. The summed E-state index contributed by atoms with van der Waals surface area (Å²) >= 11 is 1.16. The molecule has 4 aliphatic heterocycles. The Hall–Kier alpha value is -3.71. The molecule has 2 bridgehead atoms. The van der Waals surface area contributed by atoms with Gasteiger partial charge in [-0.2, -0.15) is 15.2 Å². The van der Waals surface area contributed by atoms with Crippen LogP contribution in [-0.2, 0) is 18.0 Å². The molecule has 0 aliphatic carbocycles. The zero-order chi connectivity index (χ0) is 33.4. The monoisotopic (exact) mass is 677 g/mol. The predicted octanol–water partition coefficient (Wildman–Crippen LogP) is 3.75. The van der Waals surface area contributed by atoms with Gasteiger partial charge in [-0.3, -0.25) is 9.80 Å². The first kappa shape index (κ1) is 31.6. The van der Waals surface area contributed by atoms with Crippen molar-refractivity contribution in [3.05, 3.63) is 40.5 Å². The first-order chi connectivity index (χ1) is 23.1. The highest BCUT2D eigenvalue weighted by Crippen LogP contribution is 2.49. The number of β-amino-alcohol motifs (C(OH)–C–C–N with tert-alkyl or cyclic N) is 2. The minimum Gasteiger partial charge on any atom is -0.462 e. The first-order valence-electron chi connectivity index (χ1n) is 16.4. The van der Waals surface area contributed by atoms with Crippen LogP contribution in [0.25, 0.3) is 32.1 Å². The lowest BCUT2D eigenvalue weighted by molar-refractivity contribution is 0.111. The number of ether oxygens (including phenoxy) is 2. The number of likely N-dealkylation sites (tertiary alicyclic amines) is 2. The number of fused-ring (bicyclic) bond motifs is 6. The molecule has 0 radical (unpaired) electrons. The highest BCUT2D eigenvalue weighted by Gasteiger charge is 2.43. The molecule has 252 valence electrons. The molecule has 11 nitrogen and oxygen atoms in total. The lowest BCUT2D eigenvalue weighted by Crippen LogP contribution is -2.55. The highest BCUT2D eigenvalue weighted by molar-refractivity contribution is 7.23. The van der Waals surface area contributed by atoms with E-state index in [1.54, 1.807) is 13.0 Å². The smallest absolute Gasteiger partial charge is 0.319 e. The number of aliphatic hydroxyl groups excluding tert-OH is 2. The van der Waals surface area contributed by atoms with Gasteiger partial charge in [0.05, 0.1) is 36.4 Å². The third-order valence-corrected chi connectivity index (χ3v) is 11.3. The summed E-state index contributed by atoms with van der Waals surface area (Å²) in [5.41, 5.74) is 7.44. The van der Waals surface area contributed by atoms with E-state index in [1.165, 1.54) is 6.07 Å². The van der Waals surface area contributed by atoms with E-state index in [4.69, 9.17) is 20.2 Å². The number of aromatic nitrogens is 2. The molecule has 4 N–H and O–H groups in total. The number of hydrogen-bond donors (Lipinski definition) is 3. The number of piperazine rings is 1. The van der Waals surface area contributed by atoms with Crippen LogP contribution in [0.1, 0.15) is 42.9 Å². The van der Waals surface area contributed by atoms with E-state index in [0.29, 0.717) is 46.5 Å². The molecule has 3 saturated heterocycles. The Morgan fingerprint density at radius 2 is 1.88 bits per heavy atom. The van der Waals surface area contributed by atoms with Gasteiger partial charge < -0.3 is 30.3 Å². The number of aliphatic hydroxyl groups is 2. The predicted molar refractivity (Wildman–Crippen MR) is 178 cm³/mol. The van der Waals surface area contributed by atoms with Gasteiger partial charge in [0.25, 0.3) is 0 Å². The van der Waals surface area contributed by atoms with Crippen molar-refractivity contribution in [2.24, 2.45) is 0 Å². The van der Waals surface area contributed by atoms with E-state index >= 15 is 8.78 Å². The normalized spacial score (nSPS) is 24.9. The average molecular weight is 678 g/mol. The number of nitrogens with zero attached hydrogens (tertiary/aromatic N) is 6. The van der Waals surface area contributed by atoms with Crippen LogP contribution in [0.3, 0.4) is 0 Å². The number of rotatable bonds is 7. The topological polar surface area (TPSA) is 144 Å². The lowest BCUT2D eigenvalue weighted by atomic mass is 9.90. The molecule has 2 aromatic heterocycles. The van der Waals surface area contributed by atoms with Gasteiger partial charge in [0, 0.05) is 65.5 Å². The summed E-state index contributed by atoms with van der Waals surface area (Å²) in [5, 5.41) is 31.3. The molecular formula is C34H37F2N7O4S. The molecule has 14 heteroatoms. The molecule has 2 aromatic carbocycles. The van der Waals surface area contributed by atoms with Crippen molar-refractivity contribution < 1.29 is 28.5 Å². The Labute approximate surface area is 280 Å². The van der Waals surface area contributed by atoms with E-state index in [9.17, 15) is 15.5 Å². The summed E-state index contributed by atoms with van der Waals surface area (Å²) < 4.78 is 46.1. The number of halogens is 2. The summed E-state index contributed by atoms with van der Waals surface area (Å²) in [5.74, 6) is -0.858. The number of nitrogens with two attached hydrogens (primary N) is 1. The number of benzene rings is 2. The third kappa shape index (κ3) is 5.07. The Kier molecular flexibility index (Phi) is 7.89. The van der Waals surface area contributed by atoms with Gasteiger partial charge in [0.15, 0.2) is 5.82 Å². The number of nitriles is 1. The number of thiophene rings is 1. The largest absolute Gasteiger partial charge is 0.462 e. The second-order valence-corrected chi connectivity index (χ2v) is 14.7. The zero-order valence-electron chi connectivity index (χ0n) is 26.7. The molecule has 3 fully saturated rings. The molecule has 2 unspecified atom stereocenters.